The average Bonchev–Trinajstić information content (AvgIpc) is 2.67. The summed E-state index contributed by atoms with van der Waals surface area (Å²) in [5, 5.41) is 2.85. The highest BCUT2D eigenvalue weighted by molar-refractivity contribution is 6.06. The zero-order chi connectivity index (χ0) is 19.4. The summed E-state index contributed by atoms with van der Waals surface area (Å²) in [5.74, 6) is 0.731. The Morgan fingerprint density at radius 3 is 2.78 bits per heavy atom. The molecule has 0 bridgehead atoms. The van der Waals surface area contributed by atoms with Crippen LogP contribution in [0.4, 0.5) is 11.4 Å². The molecule has 0 atom stereocenters. The van der Waals surface area contributed by atoms with Crippen LogP contribution in [0.1, 0.15) is 10.4 Å². The van der Waals surface area contributed by atoms with Gasteiger partial charge >= 0.3 is 0 Å². The van der Waals surface area contributed by atoms with E-state index in [1.54, 1.807) is 41.3 Å². The molecule has 1 aliphatic rings. The molecule has 2 amide bonds. The molecule has 27 heavy (non-hydrogen) atoms. The molecular formula is C20H23N3O4. The summed E-state index contributed by atoms with van der Waals surface area (Å²) in [6.45, 7) is 1.32. The van der Waals surface area contributed by atoms with Crippen molar-refractivity contribution in [2.45, 2.75) is 0 Å². The van der Waals surface area contributed by atoms with Crippen LogP contribution < -0.4 is 19.7 Å². The Kier molecular flexibility index (Phi) is 5.61. The number of nitrogens with one attached hydrogen (secondary N) is 1. The van der Waals surface area contributed by atoms with Crippen molar-refractivity contribution in [2.75, 3.05) is 51.1 Å². The number of methoxy groups -OCH3 is 1. The first kappa shape index (κ1) is 18.7. The maximum absolute atomic E-state index is 12.6. The van der Waals surface area contributed by atoms with Gasteiger partial charge in [0.05, 0.1) is 18.4 Å². The van der Waals surface area contributed by atoms with Crippen molar-refractivity contribution in [1.82, 2.24) is 4.90 Å². The molecule has 0 spiro atoms. The summed E-state index contributed by atoms with van der Waals surface area (Å²) in [7, 11) is 5.45. The Morgan fingerprint density at radius 1 is 1.26 bits per heavy atom. The first-order valence-electron chi connectivity index (χ1n) is 8.66. The number of ether oxygens (including phenoxy) is 2. The third-order valence-electron chi connectivity index (χ3n) is 4.28. The van der Waals surface area contributed by atoms with E-state index in [9.17, 15) is 9.59 Å². The van der Waals surface area contributed by atoms with Gasteiger partial charge in [-0.05, 0) is 38.4 Å². The molecule has 142 valence electrons. The third kappa shape index (κ3) is 4.20. The summed E-state index contributed by atoms with van der Waals surface area (Å²) in [6, 6.07) is 12.3. The van der Waals surface area contributed by atoms with E-state index in [1.807, 2.05) is 25.1 Å². The maximum Gasteiger partial charge on any atom is 0.265 e. The molecule has 2 aromatic carbocycles. The van der Waals surface area contributed by atoms with Gasteiger partial charge in [-0.25, -0.2) is 0 Å². The van der Waals surface area contributed by atoms with E-state index in [1.165, 1.54) is 7.11 Å². The number of nitrogens with zero attached hydrogens (tertiary/aromatic N) is 2. The topological polar surface area (TPSA) is 71.1 Å². The second-order valence-electron chi connectivity index (χ2n) is 6.47. The lowest BCUT2D eigenvalue weighted by Crippen LogP contribution is -2.42. The molecule has 2 aromatic rings. The standard InChI is InChI=1S/C20H23N3O4/c1-22(2)10-11-23-16-9-8-14(12-18(16)27-13-19(23)24)21-20(25)15-6-4-5-7-17(15)26-3/h4-9,12H,10-11,13H2,1-3H3,(H,21,25). The number of amides is 2. The van der Waals surface area contributed by atoms with Crippen molar-refractivity contribution in [2.24, 2.45) is 0 Å². The van der Waals surface area contributed by atoms with Crippen LogP contribution in [0.5, 0.6) is 11.5 Å². The monoisotopic (exact) mass is 369 g/mol. The Bertz CT molecular complexity index is 851. The number of rotatable bonds is 6. The van der Waals surface area contributed by atoms with Crippen LogP contribution in [0, 0.1) is 0 Å². The van der Waals surface area contributed by atoms with E-state index < -0.39 is 0 Å². The van der Waals surface area contributed by atoms with Crippen LogP contribution >= 0.6 is 0 Å². The lowest BCUT2D eigenvalue weighted by molar-refractivity contribution is -0.121. The van der Waals surface area contributed by atoms with Crippen LogP contribution in [0.15, 0.2) is 42.5 Å². The minimum absolute atomic E-state index is 0.00959. The number of likely N-dealkylation sites (N-methyl/N-ethyl adjacent to an activating group) is 1. The van der Waals surface area contributed by atoms with E-state index in [4.69, 9.17) is 9.47 Å². The van der Waals surface area contributed by atoms with Crippen LogP contribution in [-0.4, -0.2) is 57.6 Å². The molecule has 0 unspecified atom stereocenters. The number of carbonyl (C=O) groups excluding carboxylic acids is 2. The molecule has 1 heterocycles. The minimum Gasteiger partial charge on any atom is -0.496 e. The van der Waals surface area contributed by atoms with Crippen molar-refractivity contribution in [3.05, 3.63) is 48.0 Å². The largest absolute Gasteiger partial charge is 0.496 e. The summed E-state index contributed by atoms with van der Waals surface area (Å²) in [5.41, 5.74) is 1.75. The van der Waals surface area contributed by atoms with Gasteiger partial charge in [-0.15, -0.1) is 0 Å². The number of anilines is 2. The molecule has 0 aliphatic carbocycles. The predicted molar refractivity (Wildman–Crippen MR) is 104 cm³/mol. The Labute approximate surface area is 158 Å². The second kappa shape index (κ2) is 8.09. The van der Waals surface area contributed by atoms with Gasteiger partial charge in [0.1, 0.15) is 11.5 Å². The van der Waals surface area contributed by atoms with Crippen molar-refractivity contribution in [3.8, 4) is 11.5 Å². The molecule has 7 heteroatoms. The predicted octanol–water partition coefficient (Wildman–Crippen LogP) is 2.23. The zero-order valence-electron chi connectivity index (χ0n) is 15.7. The van der Waals surface area contributed by atoms with E-state index in [0.717, 1.165) is 6.54 Å². The number of benzene rings is 2. The van der Waals surface area contributed by atoms with E-state index >= 15 is 0 Å². The summed E-state index contributed by atoms with van der Waals surface area (Å²) in [4.78, 5) is 28.5. The van der Waals surface area contributed by atoms with Gasteiger partial charge in [-0.1, -0.05) is 12.1 Å². The zero-order valence-corrected chi connectivity index (χ0v) is 15.7. The van der Waals surface area contributed by atoms with Crippen molar-refractivity contribution < 1.29 is 19.1 Å². The summed E-state index contributed by atoms with van der Waals surface area (Å²) in [6.07, 6.45) is 0. The summed E-state index contributed by atoms with van der Waals surface area (Å²) >= 11 is 0. The van der Waals surface area contributed by atoms with Crippen LogP contribution in [0.3, 0.4) is 0 Å². The Hall–Kier alpha value is -3.06. The van der Waals surface area contributed by atoms with Crippen LogP contribution in [0.25, 0.3) is 0 Å². The normalized spacial score (nSPS) is 13.2. The van der Waals surface area contributed by atoms with Gasteiger partial charge in [0.2, 0.25) is 0 Å². The molecule has 0 saturated heterocycles. The molecule has 3 rings (SSSR count). The van der Waals surface area contributed by atoms with Gasteiger partial charge < -0.3 is 24.6 Å². The second-order valence-corrected chi connectivity index (χ2v) is 6.47. The van der Waals surface area contributed by atoms with Gasteiger partial charge in [-0.3, -0.25) is 9.59 Å². The molecule has 0 saturated carbocycles. The maximum atomic E-state index is 12.6. The quantitative estimate of drug-likeness (QED) is 0.846. The number of hydrogen-bond donors (Lipinski definition) is 1. The first-order chi connectivity index (χ1) is 13.0. The lowest BCUT2D eigenvalue weighted by atomic mass is 10.1. The number of hydrogen-bond acceptors (Lipinski definition) is 5. The highest BCUT2D eigenvalue weighted by Crippen LogP contribution is 2.34. The average molecular weight is 369 g/mol. The van der Waals surface area contributed by atoms with Gasteiger partial charge in [0, 0.05) is 24.8 Å². The van der Waals surface area contributed by atoms with Gasteiger partial charge in [0.25, 0.3) is 11.8 Å². The van der Waals surface area contributed by atoms with E-state index in [0.29, 0.717) is 35.0 Å². The third-order valence-corrected chi connectivity index (χ3v) is 4.28. The molecule has 0 fully saturated rings. The van der Waals surface area contributed by atoms with Crippen molar-refractivity contribution in [1.29, 1.82) is 0 Å². The fraction of sp³-hybridized carbons (Fsp3) is 0.300. The smallest absolute Gasteiger partial charge is 0.265 e. The van der Waals surface area contributed by atoms with E-state index in [2.05, 4.69) is 5.32 Å². The molecular weight excluding hydrogens is 346 g/mol. The fourth-order valence-corrected chi connectivity index (χ4v) is 2.86. The molecule has 0 aromatic heterocycles. The molecule has 7 nitrogen and oxygen atoms in total. The number of carbonyl (C=O) groups is 2. The highest BCUT2D eigenvalue weighted by atomic mass is 16.5. The SMILES string of the molecule is COc1ccccc1C(=O)Nc1ccc2c(c1)OCC(=O)N2CCN(C)C. The van der Waals surface area contributed by atoms with Gasteiger partial charge in [0.15, 0.2) is 6.61 Å². The molecule has 1 aliphatic heterocycles. The molecule has 1 N–H and O–H groups in total. The van der Waals surface area contributed by atoms with Crippen molar-refractivity contribution >= 4 is 23.2 Å². The highest BCUT2D eigenvalue weighted by Gasteiger charge is 2.26. The van der Waals surface area contributed by atoms with Crippen LogP contribution in [-0.2, 0) is 4.79 Å². The van der Waals surface area contributed by atoms with Gasteiger partial charge in [-0.2, -0.15) is 0 Å². The molecule has 0 radical (unpaired) electrons. The fourth-order valence-electron chi connectivity index (χ4n) is 2.86. The summed E-state index contributed by atoms with van der Waals surface area (Å²) < 4.78 is 10.8. The van der Waals surface area contributed by atoms with Crippen LogP contribution in [0.2, 0.25) is 0 Å². The minimum atomic E-state index is -0.274. The number of fused-ring (bicyclic) bond motifs is 1. The lowest BCUT2D eigenvalue weighted by Gasteiger charge is -2.30. The van der Waals surface area contributed by atoms with Crippen molar-refractivity contribution in [3.63, 3.8) is 0 Å². The Balaban J connectivity index is 1.79. The Morgan fingerprint density at radius 2 is 2.04 bits per heavy atom. The first-order valence-corrected chi connectivity index (χ1v) is 8.66. The van der Waals surface area contributed by atoms with E-state index in [-0.39, 0.29) is 18.4 Å². The number of para-hydroxylation sites is 1.